The van der Waals surface area contributed by atoms with Crippen molar-refractivity contribution in [3.05, 3.63) is 135 Å². The topological polar surface area (TPSA) is 104 Å². The molecule has 5 unspecified atom stereocenters. The Morgan fingerprint density at radius 3 is 2.05 bits per heavy atom. The van der Waals surface area contributed by atoms with Crippen LogP contribution in [-0.2, 0) is 0 Å². The standard InChI is InChI=1S/C34H48FN3O3.C20H23FNOP.C10H20N2.CH4/c1-23(2)36-29-13-10-26(18-29)21-37-15-7-8-30(37)22-38(20-25(4)16-27-11-9-24(3)17-31(27)35)34(39)28-12-14-32(40-5)33(19-28)41-6;1-13(9-16-7-8-18(21)11-19(16)24)12-22(4)20(23)17-6-5-14(2)15(3)10-17;11-10-4-3-9(7-10)8-12-5-1-2-6-12;/h9,11-12,14,16-17,19,23,26,29-30,36H,7-8,10,13,15,18,20-22H2,1-6H3;5-11H,12,24H2,1-4H3;9-10H,1-8,11H2;1H4/b25-16+;13-9+;;/t26?,29?,30-;;;/m0.../s1. The highest BCUT2D eigenvalue weighted by Crippen LogP contribution is 2.32. The number of halogens is 2. The zero-order valence-corrected chi connectivity index (χ0v) is 49.3. The van der Waals surface area contributed by atoms with E-state index in [2.05, 4.69) is 38.2 Å². The number of benzene rings is 4. The van der Waals surface area contributed by atoms with Gasteiger partial charge in [0.1, 0.15) is 11.6 Å². The summed E-state index contributed by atoms with van der Waals surface area (Å²) in [7, 11) is 7.49. The van der Waals surface area contributed by atoms with Crippen LogP contribution in [0.4, 0.5) is 8.78 Å². The van der Waals surface area contributed by atoms with Gasteiger partial charge in [-0.05, 0) is 206 Å². The predicted molar refractivity (Wildman–Crippen MR) is 324 cm³/mol. The van der Waals surface area contributed by atoms with Crippen molar-refractivity contribution in [3.63, 3.8) is 0 Å². The second-order valence-electron chi connectivity index (χ2n) is 22.9. The van der Waals surface area contributed by atoms with E-state index >= 15 is 0 Å². The number of hydrogen-bond donors (Lipinski definition) is 2. The van der Waals surface area contributed by atoms with E-state index in [0.717, 1.165) is 65.0 Å². The molecule has 0 aromatic heterocycles. The van der Waals surface area contributed by atoms with Gasteiger partial charge in [-0.25, -0.2) is 8.78 Å². The van der Waals surface area contributed by atoms with Crippen molar-refractivity contribution < 1.29 is 27.8 Å². The monoisotopic (exact) mass is 1090 g/mol. The van der Waals surface area contributed by atoms with Gasteiger partial charge < -0.3 is 35.2 Å². The first-order valence-electron chi connectivity index (χ1n) is 28.3. The Kier molecular flexibility index (Phi) is 25.5. The van der Waals surface area contributed by atoms with Crippen molar-refractivity contribution in [2.75, 3.05) is 73.6 Å². The highest BCUT2D eigenvalue weighted by Gasteiger charge is 2.33. The molecule has 4 fully saturated rings. The van der Waals surface area contributed by atoms with Gasteiger partial charge in [0.2, 0.25) is 0 Å². The summed E-state index contributed by atoms with van der Waals surface area (Å²) in [5, 5.41) is 4.52. The normalized spacial score (nSPS) is 20.6. The summed E-state index contributed by atoms with van der Waals surface area (Å²) in [6.07, 6.45) is 16.5. The van der Waals surface area contributed by atoms with Gasteiger partial charge in [0.05, 0.1) is 14.2 Å². The van der Waals surface area contributed by atoms with Gasteiger partial charge in [-0.15, -0.1) is 9.24 Å². The maximum atomic E-state index is 14.6. The number of hydrogen-bond acceptors (Lipinski definition) is 8. The van der Waals surface area contributed by atoms with E-state index in [1.807, 2.05) is 75.9 Å². The molecule has 4 aromatic rings. The van der Waals surface area contributed by atoms with Crippen molar-refractivity contribution in [2.45, 2.75) is 144 Å². The van der Waals surface area contributed by atoms with Gasteiger partial charge >= 0.3 is 0 Å². The third-order valence-corrected chi connectivity index (χ3v) is 16.3. The van der Waals surface area contributed by atoms with Crippen molar-refractivity contribution in [1.82, 2.24) is 24.9 Å². The first-order chi connectivity index (χ1) is 36.8. The zero-order chi connectivity index (χ0) is 55.8. The minimum absolute atomic E-state index is 0. The lowest BCUT2D eigenvalue weighted by Crippen LogP contribution is -2.45. The molecule has 2 saturated heterocycles. The number of nitrogens with two attached hydrogens (primary N) is 1. The molecule has 8 rings (SSSR count). The molecule has 78 heavy (non-hydrogen) atoms. The highest BCUT2D eigenvalue weighted by molar-refractivity contribution is 7.27. The number of likely N-dealkylation sites (N-methyl/N-ethyl adjacent to an activating group) is 1. The van der Waals surface area contributed by atoms with Crippen molar-refractivity contribution in [1.29, 1.82) is 0 Å². The maximum Gasteiger partial charge on any atom is 0.254 e. The smallest absolute Gasteiger partial charge is 0.254 e. The average Bonchev–Trinajstić information content (AvgIpc) is 4.25. The lowest BCUT2D eigenvalue weighted by molar-refractivity contribution is 0.0714. The number of amides is 2. The van der Waals surface area contributed by atoms with Gasteiger partial charge in [-0.3, -0.25) is 14.5 Å². The summed E-state index contributed by atoms with van der Waals surface area (Å²) < 4.78 is 38.7. The third-order valence-electron chi connectivity index (χ3n) is 15.8. The molecule has 2 aliphatic heterocycles. The Morgan fingerprint density at radius 2 is 1.40 bits per heavy atom. The van der Waals surface area contributed by atoms with Crippen LogP contribution in [0.3, 0.4) is 0 Å². The van der Waals surface area contributed by atoms with Gasteiger partial charge in [0, 0.05) is 80.6 Å². The van der Waals surface area contributed by atoms with Crippen molar-refractivity contribution in [2.24, 2.45) is 17.6 Å². The molecule has 13 heteroatoms. The fourth-order valence-corrected chi connectivity index (χ4v) is 12.0. The summed E-state index contributed by atoms with van der Waals surface area (Å²) >= 11 is 0. The van der Waals surface area contributed by atoms with E-state index in [1.54, 1.807) is 62.6 Å². The summed E-state index contributed by atoms with van der Waals surface area (Å²) in [6, 6.07) is 22.9. The number of rotatable bonds is 18. The van der Waals surface area contributed by atoms with E-state index in [9.17, 15) is 18.4 Å². The Labute approximate surface area is 470 Å². The molecule has 428 valence electrons. The fraction of sp³-hybridized carbons (Fsp3) is 0.538. The summed E-state index contributed by atoms with van der Waals surface area (Å²) in [5.41, 5.74) is 13.8. The second kappa shape index (κ2) is 31.1. The molecule has 10 nitrogen and oxygen atoms in total. The zero-order valence-electron chi connectivity index (χ0n) is 48.1. The van der Waals surface area contributed by atoms with Crippen LogP contribution in [0.15, 0.2) is 83.9 Å². The molecule has 2 amide bonds. The summed E-state index contributed by atoms with van der Waals surface area (Å²) in [6.45, 7) is 22.0. The van der Waals surface area contributed by atoms with Crippen LogP contribution >= 0.6 is 9.24 Å². The predicted octanol–water partition coefficient (Wildman–Crippen LogP) is 12.3. The van der Waals surface area contributed by atoms with Gasteiger partial charge in [0.15, 0.2) is 11.5 Å². The molecule has 2 aliphatic carbocycles. The molecule has 0 bridgehead atoms. The Bertz CT molecular complexity index is 2640. The summed E-state index contributed by atoms with van der Waals surface area (Å²) in [4.78, 5) is 35.4. The van der Waals surface area contributed by atoms with E-state index in [4.69, 9.17) is 15.2 Å². The minimum Gasteiger partial charge on any atom is -0.493 e. The lowest BCUT2D eigenvalue weighted by Gasteiger charge is -2.33. The second-order valence-corrected chi connectivity index (χ2v) is 23.6. The number of nitrogens with zero attached hydrogens (tertiary/aromatic N) is 4. The highest BCUT2D eigenvalue weighted by atomic mass is 31.0. The molecule has 6 atom stereocenters. The lowest BCUT2D eigenvalue weighted by atomic mass is 10.1. The first-order valence-corrected chi connectivity index (χ1v) is 28.8. The third kappa shape index (κ3) is 19.4. The van der Waals surface area contributed by atoms with E-state index in [-0.39, 0.29) is 30.9 Å². The average molecular weight is 1090 g/mol. The van der Waals surface area contributed by atoms with Crippen LogP contribution in [0.5, 0.6) is 11.5 Å². The molecular weight excluding hydrogens is 998 g/mol. The number of nitrogens with one attached hydrogen (secondary N) is 1. The minimum atomic E-state index is -0.253. The van der Waals surface area contributed by atoms with Crippen LogP contribution in [-0.4, -0.2) is 129 Å². The van der Waals surface area contributed by atoms with Crippen molar-refractivity contribution >= 4 is 38.5 Å². The van der Waals surface area contributed by atoms with Gasteiger partial charge in [0.25, 0.3) is 11.8 Å². The molecule has 0 radical (unpaired) electrons. The molecular formula is C65H95F2N6O4P. The molecule has 3 N–H and O–H groups in total. The van der Waals surface area contributed by atoms with E-state index in [0.29, 0.717) is 77.9 Å². The largest absolute Gasteiger partial charge is 0.493 e. The van der Waals surface area contributed by atoms with Crippen LogP contribution < -0.4 is 25.8 Å². The number of aryl methyl sites for hydroxylation is 3. The Balaban J connectivity index is 0.000000253. The molecule has 0 spiro atoms. The van der Waals surface area contributed by atoms with Crippen LogP contribution in [0.2, 0.25) is 0 Å². The van der Waals surface area contributed by atoms with Crippen LogP contribution in [0.25, 0.3) is 12.2 Å². The van der Waals surface area contributed by atoms with E-state index < -0.39 is 0 Å². The number of ether oxygens (including phenoxy) is 2. The Hall–Kier alpha value is -4.97. The van der Waals surface area contributed by atoms with Crippen molar-refractivity contribution in [3.8, 4) is 11.5 Å². The van der Waals surface area contributed by atoms with E-state index in [1.165, 1.54) is 88.7 Å². The maximum absolute atomic E-state index is 14.6. The molecule has 2 saturated carbocycles. The number of carbonyl (C=O) groups is 2. The van der Waals surface area contributed by atoms with Crippen LogP contribution in [0, 0.1) is 44.2 Å². The molecule has 4 aliphatic rings. The van der Waals surface area contributed by atoms with Gasteiger partial charge in [-0.1, -0.05) is 68.8 Å². The summed E-state index contributed by atoms with van der Waals surface area (Å²) in [5.74, 6) is 2.16. The number of likely N-dealkylation sites (tertiary alicyclic amines) is 2. The quantitative estimate of drug-likeness (QED) is 0.0950. The Morgan fingerprint density at radius 1 is 0.744 bits per heavy atom. The van der Waals surface area contributed by atoms with Gasteiger partial charge in [-0.2, -0.15) is 0 Å². The SMILES string of the molecule is C.C/C(=C\c1ccc(F)cc1P)CN(C)C(=O)c1ccc(C)c(C)c1.COc1ccc(C(=O)N(C/C(C)=C/c2ccc(C)cc2F)C[C@@H]2CCCN2CC2CCC(NC(C)C)C2)cc1OC.NC1CCC(CN2CCCC2)C1. The first kappa shape index (κ1) is 63.9. The van der Waals surface area contributed by atoms with Crippen LogP contribution in [0.1, 0.15) is 148 Å². The fourth-order valence-electron chi connectivity index (χ4n) is 11.7. The molecule has 2 heterocycles. The number of methoxy groups -OCH3 is 2. The molecule has 4 aromatic carbocycles. The number of carbonyl (C=O) groups excluding carboxylic acids is 2.